The molecule has 2 N–H and O–H groups in total. The summed E-state index contributed by atoms with van der Waals surface area (Å²) in [5.41, 5.74) is -0.165. The molecule has 8 heteroatoms. The Labute approximate surface area is 106 Å². The summed E-state index contributed by atoms with van der Waals surface area (Å²) >= 11 is 0. The van der Waals surface area contributed by atoms with Gasteiger partial charge < -0.3 is 15.2 Å². The average Bonchev–Trinajstić information content (AvgIpc) is 2.27. The average molecular weight is 277 g/mol. The molecule has 1 aromatic carbocycles. The number of aromatic carboxylic acids is 1. The van der Waals surface area contributed by atoms with Crippen molar-refractivity contribution in [3.8, 4) is 0 Å². The molecule has 5 nitrogen and oxygen atoms in total. The van der Waals surface area contributed by atoms with Gasteiger partial charge in [0, 0.05) is 0 Å². The smallest absolute Gasteiger partial charge is 0.411 e. The van der Waals surface area contributed by atoms with E-state index in [1.807, 2.05) is 0 Å². The molecule has 1 amide bonds. The van der Waals surface area contributed by atoms with Crippen LogP contribution in [0.25, 0.3) is 0 Å². The molecule has 1 aromatic rings. The number of carbonyl (C=O) groups is 2. The monoisotopic (exact) mass is 277 g/mol. The molecular formula is C11H10F3NO4. The van der Waals surface area contributed by atoms with E-state index in [9.17, 15) is 22.8 Å². The van der Waals surface area contributed by atoms with Gasteiger partial charge in [0.25, 0.3) is 0 Å². The quantitative estimate of drug-likeness (QED) is 0.862. The number of benzene rings is 1. The third-order valence-corrected chi connectivity index (χ3v) is 1.93. The fourth-order valence-corrected chi connectivity index (χ4v) is 1.22. The van der Waals surface area contributed by atoms with Crippen molar-refractivity contribution in [1.29, 1.82) is 0 Å². The van der Waals surface area contributed by atoms with E-state index < -0.39 is 31.3 Å². The maximum absolute atomic E-state index is 11.8. The fraction of sp³-hybridized carbons (Fsp3) is 0.273. The van der Waals surface area contributed by atoms with Crippen LogP contribution in [0.4, 0.5) is 18.9 Å². The van der Waals surface area contributed by atoms with Crippen LogP contribution in [0.2, 0.25) is 0 Å². The van der Waals surface area contributed by atoms with Gasteiger partial charge in [-0.3, -0.25) is 4.79 Å². The van der Waals surface area contributed by atoms with E-state index in [1.165, 1.54) is 24.3 Å². The van der Waals surface area contributed by atoms with Crippen LogP contribution >= 0.6 is 0 Å². The minimum absolute atomic E-state index is 0.00407. The highest BCUT2D eigenvalue weighted by Gasteiger charge is 2.27. The number of para-hydroxylation sites is 1. The second-order valence-corrected chi connectivity index (χ2v) is 3.51. The van der Waals surface area contributed by atoms with E-state index in [0.29, 0.717) is 0 Å². The first-order chi connectivity index (χ1) is 8.79. The van der Waals surface area contributed by atoms with E-state index in [1.54, 1.807) is 0 Å². The lowest BCUT2D eigenvalue weighted by atomic mass is 10.2. The summed E-state index contributed by atoms with van der Waals surface area (Å²) < 4.78 is 39.5. The Hall–Kier alpha value is -2.09. The van der Waals surface area contributed by atoms with Gasteiger partial charge in [-0.05, 0) is 12.1 Å². The normalized spacial score (nSPS) is 11.1. The zero-order chi connectivity index (χ0) is 14.5. The molecular weight excluding hydrogens is 267 g/mol. The third-order valence-electron chi connectivity index (χ3n) is 1.93. The molecule has 0 aliphatic heterocycles. The van der Waals surface area contributed by atoms with Crippen LogP contribution in [-0.2, 0) is 9.53 Å². The molecule has 104 valence electrons. The Kier molecular flexibility index (Phi) is 4.87. The predicted molar refractivity (Wildman–Crippen MR) is 58.9 cm³/mol. The Balaban J connectivity index is 2.56. The van der Waals surface area contributed by atoms with E-state index in [2.05, 4.69) is 10.1 Å². The molecule has 1 rings (SSSR count). The Morgan fingerprint density at radius 1 is 1.26 bits per heavy atom. The van der Waals surface area contributed by atoms with Gasteiger partial charge in [-0.1, -0.05) is 12.1 Å². The van der Waals surface area contributed by atoms with Crippen LogP contribution in [0.15, 0.2) is 24.3 Å². The summed E-state index contributed by atoms with van der Waals surface area (Å²) in [6, 6.07) is 5.53. The van der Waals surface area contributed by atoms with Gasteiger partial charge in [-0.2, -0.15) is 13.2 Å². The number of carbonyl (C=O) groups excluding carboxylic acids is 1. The van der Waals surface area contributed by atoms with Gasteiger partial charge in [0.2, 0.25) is 5.91 Å². The highest BCUT2D eigenvalue weighted by molar-refractivity contribution is 6.00. The number of rotatable bonds is 5. The third kappa shape index (κ3) is 5.38. The van der Waals surface area contributed by atoms with Crippen molar-refractivity contribution in [2.75, 3.05) is 18.5 Å². The molecule has 0 aliphatic carbocycles. The Morgan fingerprint density at radius 2 is 1.89 bits per heavy atom. The zero-order valence-corrected chi connectivity index (χ0v) is 9.53. The topological polar surface area (TPSA) is 75.6 Å². The van der Waals surface area contributed by atoms with Crippen LogP contribution in [0.3, 0.4) is 0 Å². The maximum Gasteiger partial charge on any atom is 0.411 e. The van der Waals surface area contributed by atoms with Gasteiger partial charge in [-0.25, -0.2) is 4.79 Å². The van der Waals surface area contributed by atoms with Gasteiger partial charge in [0.05, 0.1) is 11.3 Å². The molecule has 0 aromatic heterocycles. The van der Waals surface area contributed by atoms with E-state index in [4.69, 9.17) is 5.11 Å². The van der Waals surface area contributed by atoms with Crippen molar-refractivity contribution in [1.82, 2.24) is 0 Å². The molecule has 0 spiro atoms. The molecule has 0 radical (unpaired) electrons. The molecule has 0 heterocycles. The van der Waals surface area contributed by atoms with Crippen molar-refractivity contribution in [3.05, 3.63) is 29.8 Å². The SMILES string of the molecule is O=C(COCC(F)(F)F)Nc1ccccc1C(=O)O. The standard InChI is InChI=1S/C11H10F3NO4/c12-11(13,14)6-19-5-9(16)15-8-4-2-1-3-7(8)10(17)18/h1-4H,5-6H2,(H,15,16)(H,17,18). The number of carboxylic acid groups (broad SMARTS) is 1. The number of anilines is 1. The number of nitrogens with one attached hydrogen (secondary N) is 1. The number of amides is 1. The largest absolute Gasteiger partial charge is 0.478 e. The van der Waals surface area contributed by atoms with Crippen molar-refractivity contribution in [3.63, 3.8) is 0 Å². The maximum atomic E-state index is 11.8. The zero-order valence-electron chi connectivity index (χ0n) is 9.53. The van der Waals surface area contributed by atoms with Gasteiger partial charge in [0.1, 0.15) is 13.2 Å². The summed E-state index contributed by atoms with van der Waals surface area (Å²) in [5.74, 6) is -2.12. The van der Waals surface area contributed by atoms with Gasteiger partial charge in [-0.15, -0.1) is 0 Å². The highest BCUT2D eigenvalue weighted by atomic mass is 19.4. The van der Waals surface area contributed by atoms with Crippen LogP contribution in [0.1, 0.15) is 10.4 Å². The Morgan fingerprint density at radius 3 is 2.47 bits per heavy atom. The molecule has 0 bridgehead atoms. The van der Waals surface area contributed by atoms with E-state index in [-0.39, 0.29) is 11.3 Å². The summed E-state index contributed by atoms with van der Waals surface area (Å²) in [6.07, 6.45) is -4.51. The number of ether oxygens (including phenoxy) is 1. The first-order valence-electron chi connectivity index (χ1n) is 5.06. The van der Waals surface area contributed by atoms with Crippen molar-refractivity contribution >= 4 is 17.6 Å². The summed E-state index contributed by atoms with van der Waals surface area (Å²) in [5, 5.41) is 11.0. The lowest BCUT2D eigenvalue weighted by Gasteiger charge is -2.09. The summed E-state index contributed by atoms with van der Waals surface area (Å²) in [4.78, 5) is 22.1. The molecule has 0 saturated heterocycles. The summed E-state index contributed by atoms with van der Waals surface area (Å²) in [6.45, 7) is -2.35. The molecule has 0 aliphatic rings. The number of hydrogen-bond donors (Lipinski definition) is 2. The van der Waals surface area contributed by atoms with Crippen molar-refractivity contribution < 1.29 is 32.6 Å². The predicted octanol–water partition coefficient (Wildman–Crippen LogP) is 1.90. The minimum atomic E-state index is -4.51. The molecule has 19 heavy (non-hydrogen) atoms. The second-order valence-electron chi connectivity index (χ2n) is 3.51. The number of hydrogen-bond acceptors (Lipinski definition) is 3. The number of alkyl halides is 3. The van der Waals surface area contributed by atoms with Crippen molar-refractivity contribution in [2.45, 2.75) is 6.18 Å². The number of halogens is 3. The first kappa shape index (κ1) is 15.0. The Bertz CT molecular complexity index is 473. The molecule has 0 unspecified atom stereocenters. The molecule has 0 atom stereocenters. The van der Waals surface area contributed by atoms with Crippen LogP contribution in [-0.4, -0.2) is 36.4 Å². The van der Waals surface area contributed by atoms with Crippen LogP contribution in [0, 0.1) is 0 Å². The minimum Gasteiger partial charge on any atom is -0.478 e. The molecule has 0 fully saturated rings. The van der Waals surface area contributed by atoms with E-state index in [0.717, 1.165) is 0 Å². The van der Waals surface area contributed by atoms with Gasteiger partial charge >= 0.3 is 12.1 Å². The lowest BCUT2D eigenvalue weighted by molar-refractivity contribution is -0.174. The van der Waals surface area contributed by atoms with Crippen LogP contribution in [0.5, 0.6) is 0 Å². The van der Waals surface area contributed by atoms with Crippen molar-refractivity contribution in [2.24, 2.45) is 0 Å². The summed E-state index contributed by atoms with van der Waals surface area (Å²) in [7, 11) is 0. The lowest BCUT2D eigenvalue weighted by Crippen LogP contribution is -2.24. The van der Waals surface area contributed by atoms with Gasteiger partial charge in [0.15, 0.2) is 0 Å². The second kappa shape index (κ2) is 6.19. The van der Waals surface area contributed by atoms with Crippen LogP contribution < -0.4 is 5.32 Å². The molecule has 0 saturated carbocycles. The fourth-order valence-electron chi connectivity index (χ4n) is 1.22. The first-order valence-corrected chi connectivity index (χ1v) is 5.06. The van der Waals surface area contributed by atoms with E-state index >= 15 is 0 Å². The highest BCUT2D eigenvalue weighted by Crippen LogP contribution is 2.16. The number of carboxylic acids is 1.